The molecule has 168 valence electrons. The second-order valence-corrected chi connectivity index (χ2v) is 8.41. The van der Waals surface area contributed by atoms with Crippen LogP contribution in [-0.4, -0.2) is 34.2 Å². The minimum Gasteiger partial charge on any atom is -0.497 e. The number of carbonyl (C=O) groups is 2. The topological polar surface area (TPSA) is 85.2 Å². The maximum Gasteiger partial charge on any atom is 0.251 e. The molecule has 2 amide bonds. The quantitative estimate of drug-likeness (QED) is 0.384. The van der Waals surface area contributed by atoms with E-state index in [2.05, 4.69) is 21.7 Å². The van der Waals surface area contributed by atoms with Gasteiger partial charge in [0, 0.05) is 37.2 Å². The molecule has 0 spiro atoms. The standard InChI is InChI=1S/C25H24N4O3S/c1-29-12-11-26-25(29)33-16-23(30)28-21-8-5-18(6-9-21)24(31)27-15-17-3-4-20-14-22(32-2)10-7-19(20)13-17/h3-14H,15-16H2,1-2H3,(H,27,31)(H,28,30). The zero-order valence-electron chi connectivity index (χ0n) is 18.4. The Morgan fingerprint density at radius 3 is 2.52 bits per heavy atom. The average Bonchev–Trinajstić information content (AvgIpc) is 3.25. The van der Waals surface area contributed by atoms with E-state index in [9.17, 15) is 9.59 Å². The van der Waals surface area contributed by atoms with Crippen LogP contribution in [0.1, 0.15) is 15.9 Å². The molecule has 0 aliphatic rings. The normalized spacial score (nSPS) is 10.7. The minimum absolute atomic E-state index is 0.130. The molecule has 33 heavy (non-hydrogen) atoms. The van der Waals surface area contributed by atoms with E-state index in [1.54, 1.807) is 37.6 Å². The van der Waals surface area contributed by atoms with Crippen LogP contribution in [0.25, 0.3) is 10.8 Å². The first-order valence-corrected chi connectivity index (χ1v) is 11.4. The van der Waals surface area contributed by atoms with Gasteiger partial charge < -0.3 is 19.9 Å². The molecule has 0 unspecified atom stereocenters. The fourth-order valence-electron chi connectivity index (χ4n) is 3.32. The highest BCUT2D eigenvalue weighted by molar-refractivity contribution is 7.99. The zero-order valence-corrected chi connectivity index (χ0v) is 19.2. The molecule has 0 saturated heterocycles. The molecule has 8 heteroatoms. The number of anilines is 1. The summed E-state index contributed by atoms with van der Waals surface area (Å²) >= 11 is 1.37. The van der Waals surface area contributed by atoms with Crippen LogP contribution < -0.4 is 15.4 Å². The van der Waals surface area contributed by atoms with Crippen molar-refractivity contribution in [2.45, 2.75) is 11.7 Å². The molecule has 0 bridgehead atoms. The summed E-state index contributed by atoms with van der Waals surface area (Å²) in [4.78, 5) is 28.9. The van der Waals surface area contributed by atoms with Crippen LogP contribution in [0.5, 0.6) is 5.75 Å². The van der Waals surface area contributed by atoms with Gasteiger partial charge in [-0.05, 0) is 58.8 Å². The minimum atomic E-state index is -0.173. The van der Waals surface area contributed by atoms with Crippen LogP contribution in [0.4, 0.5) is 5.69 Å². The average molecular weight is 461 g/mol. The Kier molecular flexibility index (Phi) is 6.95. The molecule has 0 atom stereocenters. The highest BCUT2D eigenvalue weighted by Crippen LogP contribution is 2.22. The number of benzene rings is 3. The number of aryl methyl sites for hydroxylation is 1. The number of imidazole rings is 1. The number of aromatic nitrogens is 2. The van der Waals surface area contributed by atoms with E-state index in [0.29, 0.717) is 17.8 Å². The largest absolute Gasteiger partial charge is 0.497 e. The maximum atomic E-state index is 12.5. The number of nitrogens with one attached hydrogen (secondary N) is 2. The van der Waals surface area contributed by atoms with Gasteiger partial charge in [0.05, 0.1) is 12.9 Å². The third-order valence-electron chi connectivity index (χ3n) is 5.11. The first kappa shape index (κ1) is 22.4. The van der Waals surface area contributed by atoms with E-state index >= 15 is 0 Å². The van der Waals surface area contributed by atoms with Crippen LogP contribution in [0.3, 0.4) is 0 Å². The molecule has 0 saturated carbocycles. The summed E-state index contributed by atoms with van der Waals surface area (Å²) in [5.41, 5.74) is 2.18. The van der Waals surface area contributed by atoms with Gasteiger partial charge in [-0.2, -0.15) is 0 Å². The van der Waals surface area contributed by atoms with Crippen molar-refractivity contribution < 1.29 is 14.3 Å². The monoisotopic (exact) mass is 460 g/mol. The highest BCUT2D eigenvalue weighted by atomic mass is 32.2. The van der Waals surface area contributed by atoms with Gasteiger partial charge in [0.1, 0.15) is 5.75 Å². The molecule has 0 fully saturated rings. The molecule has 2 N–H and O–H groups in total. The van der Waals surface area contributed by atoms with Crippen LogP contribution in [0.2, 0.25) is 0 Å². The lowest BCUT2D eigenvalue weighted by molar-refractivity contribution is -0.113. The van der Waals surface area contributed by atoms with Crippen molar-refractivity contribution in [3.05, 3.63) is 84.2 Å². The first-order chi connectivity index (χ1) is 16.0. The lowest BCUT2D eigenvalue weighted by Crippen LogP contribution is -2.22. The predicted molar refractivity (Wildman–Crippen MR) is 131 cm³/mol. The van der Waals surface area contributed by atoms with Gasteiger partial charge in [-0.1, -0.05) is 30.0 Å². The van der Waals surface area contributed by atoms with E-state index in [0.717, 1.165) is 27.2 Å². The summed E-state index contributed by atoms with van der Waals surface area (Å²) < 4.78 is 7.12. The number of amides is 2. The van der Waals surface area contributed by atoms with E-state index in [4.69, 9.17) is 4.74 Å². The summed E-state index contributed by atoms with van der Waals surface area (Å²) in [7, 11) is 3.53. The summed E-state index contributed by atoms with van der Waals surface area (Å²) in [6, 6.07) is 18.8. The Labute approximate surface area is 196 Å². The van der Waals surface area contributed by atoms with Gasteiger partial charge in [-0.25, -0.2) is 4.98 Å². The lowest BCUT2D eigenvalue weighted by Gasteiger charge is -2.09. The first-order valence-electron chi connectivity index (χ1n) is 10.4. The number of carbonyl (C=O) groups excluding carboxylic acids is 2. The van der Waals surface area contributed by atoms with E-state index in [-0.39, 0.29) is 17.6 Å². The van der Waals surface area contributed by atoms with Crippen LogP contribution in [-0.2, 0) is 18.4 Å². The molecule has 1 aromatic heterocycles. The Morgan fingerprint density at radius 1 is 1.03 bits per heavy atom. The van der Waals surface area contributed by atoms with Crippen molar-refractivity contribution in [3.63, 3.8) is 0 Å². The van der Waals surface area contributed by atoms with Crippen LogP contribution in [0, 0.1) is 0 Å². The van der Waals surface area contributed by atoms with Gasteiger partial charge in [-0.3, -0.25) is 9.59 Å². The second-order valence-electron chi connectivity index (χ2n) is 7.47. The zero-order chi connectivity index (χ0) is 23.2. The maximum absolute atomic E-state index is 12.5. The summed E-state index contributed by atoms with van der Waals surface area (Å²) in [5.74, 6) is 0.767. The smallest absolute Gasteiger partial charge is 0.251 e. The number of rotatable bonds is 8. The number of thioether (sulfide) groups is 1. The Bertz CT molecular complexity index is 1280. The summed E-state index contributed by atoms with van der Waals surface area (Å²) in [5, 5.41) is 8.73. The van der Waals surface area contributed by atoms with Gasteiger partial charge >= 0.3 is 0 Å². The van der Waals surface area contributed by atoms with Crippen molar-refractivity contribution in [1.82, 2.24) is 14.9 Å². The fraction of sp³-hybridized carbons (Fsp3) is 0.160. The summed E-state index contributed by atoms with van der Waals surface area (Å²) in [6.07, 6.45) is 3.53. The molecule has 3 aromatic carbocycles. The van der Waals surface area contributed by atoms with E-state index < -0.39 is 0 Å². The Balaban J connectivity index is 1.29. The van der Waals surface area contributed by atoms with Gasteiger partial charge in [-0.15, -0.1) is 0 Å². The van der Waals surface area contributed by atoms with Gasteiger partial charge in [0.2, 0.25) is 5.91 Å². The molecule has 1 heterocycles. The Morgan fingerprint density at radius 2 is 1.79 bits per heavy atom. The number of methoxy groups -OCH3 is 1. The molecular weight excluding hydrogens is 436 g/mol. The third-order valence-corrected chi connectivity index (χ3v) is 6.16. The molecule has 4 aromatic rings. The number of fused-ring (bicyclic) bond motifs is 1. The van der Waals surface area contributed by atoms with Crippen molar-refractivity contribution in [2.75, 3.05) is 18.2 Å². The van der Waals surface area contributed by atoms with E-state index in [1.807, 2.05) is 48.1 Å². The molecule has 0 aliphatic carbocycles. The second kappa shape index (κ2) is 10.2. The lowest BCUT2D eigenvalue weighted by atomic mass is 10.1. The highest BCUT2D eigenvalue weighted by Gasteiger charge is 2.09. The third kappa shape index (κ3) is 5.72. The fourth-order valence-corrected chi connectivity index (χ4v) is 4.05. The van der Waals surface area contributed by atoms with Crippen molar-refractivity contribution >= 4 is 40.0 Å². The van der Waals surface area contributed by atoms with Gasteiger partial charge in [0.25, 0.3) is 5.91 Å². The predicted octanol–water partition coefficient (Wildman–Crippen LogP) is 4.24. The van der Waals surface area contributed by atoms with Crippen LogP contribution >= 0.6 is 11.8 Å². The number of hydrogen-bond donors (Lipinski definition) is 2. The number of ether oxygens (including phenoxy) is 1. The van der Waals surface area contributed by atoms with Crippen molar-refractivity contribution in [1.29, 1.82) is 0 Å². The molecule has 4 rings (SSSR count). The van der Waals surface area contributed by atoms with Gasteiger partial charge in [0.15, 0.2) is 5.16 Å². The Hall–Kier alpha value is -3.78. The van der Waals surface area contributed by atoms with Crippen molar-refractivity contribution in [2.24, 2.45) is 7.05 Å². The van der Waals surface area contributed by atoms with Crippen LogP contribution in [0.15, 0.2) is 78.2 Å². The SMILES string of the molecule is COc1ccc2cc(CNC(=O)c3ccc(NC(=O)CSc4nccn4C)cc3)ccc2c1. The molecule has 7 nitrogen and oxygen atoms in total. The summed E-state index contributed by atoms with van der Waals surface area (Å²) in [6.45, 7) is 0.420. The number of hydrogen-bond acceptors (Lipinski definition) is 5. The van der Waals surface area contributed by atoms with E-state index in [1.165, 1.54) is 11.8 Å². The van der Waals surface area contributed by atoms with Crippen molar-refractivity contribution in [3.8, 4) is 5.75 Å². The molecule has 0 radical (unpaired) electrons. The number of nitrogens with zero attached hydrogens (tertiary/aromatic N) is 2. The molecule has 0 aliphatic heterocycles. The molecular formula is C25H24N4O3S.